The van der Waals surface area contributed by atoms with E-state index < -0.39 is 0 Å². The minimum absolute atomic E-state index is 0. The Morgan fingerprint density at radius 1 is 0.704 bits per heavy atom. The van der Waals surface area contributed by atoms with Crippen LogP contribution in [0.25, 0.3) is 11.3 Å². The van der Waals surface area contributed by atoms with E-state index >= 15 is 0 Å². The first-order chi connectivity index (χ1) is 12.8. The molecule has 0 aliphatic carbocycles. The van der Waals surface area contributed by atoms with E-state index in [0.717, 1.165) is 28.3 Å². The fourth-order valence-corrected chi connectivity index (χ4v) is 3.06. The molecule has 0 spiro atoms. The van der Waals surface area contributed by atoms with Crippen LogP contribution in [0.1, 0.15) is 0 Å². The first kappa shape index (κ1) is 18.9. The number of hydrogen-bond acceptors (Lipinski definition) is 1. The zero-order valence-corrected chi connectivity index (χ0v) is 17.1. The molecular weight excluding hydrogens is 508 g/mol. The third-order valence-electron chi connectivity index (χ3n) is 4.29. The molecule has 0 aliphatic heterocycles. The third-order valence-corrected chi connectivity index (χ3v) is 4.29. The Morgan fingerprint density at radius 2 is 1.30 bits per heavy atom. The molecule has 0 N–H and O–H groups in total. The van der Waals surface area contributed by atoms with Gasteiger partial charge in [0.15, 0.2) is 0 Å². The van der Waals surface area contributed by atoms with Crippen molar-refractivity contribution in [2.24, 2.45) is 0 Å². The monoisotopic (exact) mass is 528 g/mol. The summed E-state index contributed by atoms with van der Waals surface area (Å²) in [4.78, 5) is 2.24. The van der Waals surface area contributed by atoms with Gasteiger partial charge in [0.1, 0.15) is 5.69 Å². The van der Waals surface area contributed by atoms with Crippen LogP contribution < -0.4 is 9.47 Å². The predicted octanol–water partition coefficient (Wildman–Crippen LogP) is 5.55. The van der Waals surface area contributed by atoms with E-state index in [1.165, 1.54) is 0 Å². The van der Waals surface area contributed by atoms with Crippen LogP contribution in [0.15, 0.2) is 103 Å². The van der Waals surface area contributed by atoms with Crippen LogP contribution >= 0.6 is 0 Å². The molecular formula is C24H19IrN2-. The quantitative estimate of drug-likeness (QED) is 0.249. The standard InChI is InChI=1S/C24H19N2.Ir/c1-25-18-9-8-17-24(25)20-11-10-16-23(19-20)26(21-12-4-2-5-13-21)22-14-6-3-7-15-22;/h2-10,12-19H,1H2;/q-1;. The molecule has 0 amide bonds. The number of anilines is 3. The van der Waals surface area contributed by atoms with E-state index in [9.17, 15) is 0 Å². The van der Waals surface area contributed by atoms with Crippen molar-refractivity contribution in [2.75, 3.05) is 4.90 Å². The molecule has 0 atom stereocenters. The van der Waals surface area contributed by atoms with E-state index in [-0.39, 0.29) is 20.1 Å². The molecule has 27 heavy (non-hydrogen) atoms. The van der Waals surface area contributed by atoms with E-state index in [1.807, 2.05) is 41.1 Å². The maximum Gasteiger partial charge on any atom is 0.115 e. The predicted molar refractivity (Wildman–Crippen MR) is 106 cm³/mol. The van der Waals surface area contributed by atoms with Gasteiger partial charge in [0.05, 0.1) is 6.20 Å². The summed E-state index contributed by atoms with van der Waals surface area (Å²) < 4.78 is 1.87. The van der Waals surface area contributed by atoms with Crippen molar-refractivity contribution >= 4 is 17.1 Å². The van der Waals surface area contributed by atoms with Crippen LogP contribution in [0.2, 0.25) is 0 Å². The van der Waals surface area contributed by atoms with Gasteiger partial charge in [0.25, 0.3) is 0 Å². The molecule has 4 aromatic rings. The number of aromatic nitrogens is 1. The van der Waals surface area contributed by atoms with E-state index in [2.05, 4.69) is 84.7 Å². The molecule has 0 aliphatic rings. The molecule has 0 unspecified atom stereocenters. The first-order valence-corrected chi connectivity index (χ1v) is 8.57. The fourth-order valence-electron chi connectivity index (χ4n) is 3.06. The van der Waals surface area contributed by atoms with Crippen LogP contribution in [0.3, 0.4) is 0 Å². The average molecular weight is 528 g/mol. The van der Waals surface area contributed by atoms with E-state index in [0.29, 0.717) is 0 Å². The first-order valence-electron chi connectivity index (χ1n) is 8.57. The van der Waals surface area contributed by atoms with Gasteiger partial charge in [-0.1, -0.05) is 54.1 Å². The SMILES string of the molecule is [CH2-][n+]1ccccc1-c1[c-]ccc(N(c2ccccc2)c2ccccc2)c1.[Ir]. The summed E-state index contributed by atoms with van der Waals surface area (Å²) in [6, 6.07) is 36.4. The molecule has 1 radical (unpaired) electrons. The molecule has 3 aromatic carbocycles. The fraction of sp³-hybridized carbons (Fsp3) is 0. The van der Waals surface area contributed by atoms with Crippen molar-refractivity contribution in [3.63, 3.8) is 0 Å². The van der Waals surface area contributed by atoms with Gasteiger partial charge in [-0.15, -0.1) is 24.3 Å². The summed E-state index contributed by atoms with van der Waals surface area (Å²) in [5.41, 5.74) is 5.35. The number of hydrogen-bond donors (Lipinski definition) is 0. The number of benzene rings is 3. The van der Waals surface area contributed by atoms with Crippen LogP contribution in [0.5, 0.6) is 0 Å². The Bertz CT molecular complexity index is 961. The van der Waals surface area contributed by atoms with Crippen LogP contribution in [-0.4, -0.2) is 0 Å². The zero-order chi connectivity index (χ0) is 17.8. The summed E-state index contributed by atoms with van der Waals surface area (Å²) in [6.07, 6.45) is 1.95. The summed E-state index contributed by atoms with van der Waals surface area (Å²) in [7, 11) is 4.07. The Labute approximate surface area is 174 Å². The van der Waals surface area contributed by atoms with Crippen molar-refractivity contribution in [2.45, 2.75) is 0 Å². The van der Waals surface area contributed by atoms with Gasteiger partial charge in [0.2, 0.25) is 0 Å². The zero-order valence-electron chi connectivity index (χ0n) is 14.7. The minimum atomic E-state index is 0. The average Bonchev–Trinajstić information content (AvgIpc) is 2.70. The number of rotatable bonds is 4. The second-order valence-electron chi connectivity index (χ2n) is 6.02. The molecule has 1 heterocycles. The van der Waals surface area contributed by atoms with Gasteiger partial charge in [0, 0.05) is 38.5 Å². The molecule has 0 saturated carbocycles. The van der Waals surface area contributed by atoms with Crippen molar-refractivity contribution in [1.29, 1.82) is 0 Å². The summed E-state index contributed by atoms with van der Waals surface area (Å²) in [5.74, 6) is 0. The maximum atomic E-state index is 4.07. The van der Waals surface area contributed by atoms with Gasteiger partial charge >= 0.3 is 0 Å². The van der Waals surface area contributed by atoms with Crippen molar-refractivity contribution < 1.29 is 24.7 Å². The smallest absolute Gasteiger partial charge is 0.115 e. The van der Waals surface area contributed by atoms with Gasteiger partial charge < -0.3 is 9.47 Å². The second-order valence-corrected chi connectivity index (χ2v) is 6.02. The van der Waals surface area contributed by atoms with E-state index in [1.54, 1.807) is 0 Å². The molecule has 0 bridgehead atoms. The van der Waals surface area contributed by atoms with E-state index in [4.69, 9.17) is 0 Å². The largest absolute Gasteiger partial charge is 0.328 e. The number of nitrogens with zero attached hydrogens (tertiary/aromatic N) is 2. The van der Waals surface area contributed by atoms with Gasteiger partial charge in [-0.05, 0) is 36.0 Å². The Balaban J connectivity index is 0.00000210. The van der Waals surface area contributed by atoms with Gasteiger partial charge in [-0.25, -0.2) is 0 Å². The second kappa shape index (κ2) is 8.68. The number of pyridine rings is 1. The van der Waals surface area contributed by atoms with Crippen molar-refractivity contribution in [3.8, 4) is 11.3 Å². The third kappa shape index (κ3) is 4.11. The molecule has 0 fully saturated rings. The molecule has 4 rings (SSSR count). The Morgan fingerprint density at radius 3 is 1.89 bits per heavy atom. The summed E-state index contributed by atoms with van der Waals surface area (Å²) in [5, 5.41) is 0. The normalized spacial score (nSPS) is 10.1. The summed E-state index contributed by atoms with van der Waals surface area (Å²) >= 11 is 0. The maximum absolute atomic E-state index is 4.07. The topological polar surface area (TPSA) is 7.12 Å². The minimum Gasteiger partial charge on any atom is -0.328 e. The molecule has 135 valence electrons. The molecule has 3 heteroatoms. The van der Waals surface area contributed by atoms with Crippen molar-refractivity contribution in [3.05, 3.63) is 116 Å². The molecule has 2 nitrogen and oxygen atoms in total. The molecule has 0 saturated heterocycles. The summed E-state index contributed by atoms with van der Waals surface area (Å²) in [6.45, 7) is 0. The van der Waals surface area contributed by atoms with Crippen molar-refractivity contribution in [1.82, 2.24) is 0 Å². The number of para-hydroxylation sites is 2. The van der Waals surface area contributed by atoms with Gasteiger partial charge in [-0.2, -0.15) is 0 Å². The van der Waals surface area contributed by atoms with Gasteiger partial charge in [-0.3, -0.25) is 0 Å². The van der Waals surface area contributed by atoms with Crippen LogP contribution in [0, 0.1) is 13.1 Å². The van der Waals surface area contributed by atoms with Crippen LogP contribution in [0.4, 0.5) is 17.1 Å². The molecule has 1 aromatic heterocycles. The Kier molecular flexibility index (Phi) is 6.08. The Hall–Kier alpha value is -2.87. The van der Waals surface area contributed by atoms with Crippen LogP contribution in [-0.2, 0) is 20.1 Å².